The molecule has 4 aromatic heterocycles. The summed E-state index contributed by atoms with van der Waals surface area (Å²) >= 11 is 0. The second-order valence-corrected chi connectivity index (χ2v) is 10.0. The van der Waals surface area contributed by atoms with E-state index >= 15 is 0 Å². The zero-order valence-corrected chi connectivity index (χ0v) is 23.4. The number of nitrogens with one attached hydrogen (secondary N) is 1. The number of carbonyl (C=O) groups excluding carboxylic acids is 2. The fourth-order valence-electron chi connectivity index (χ4n) is 5.07. The molecule has 1 atom stereocenters. The van der Waals surface area contributed by atoms with Crippen molar-refractivity contribution >= 4 is 28.2 Å². The third-order valence-electron chi connectivity index (χ3n) is 6.97. The Morgan fingerprint density at radius 1 is 1.07 bits per heavy atom. The van der Waals surface area contributed by atoms with E-state index in [1.165, 1.54) is 10.9 Å². The highest BCUT2D eigenvalue weighted by molar-refractivity contribution is 6.01. The summed E-state index contributed by atoms with van der Waals surface area (Å²) in [6.45, 7) is 3.54. The lowest BCUT2D eigenvalue weighted by atomic mass is 10.0. The van der Waals surface area contributed by atoms with Gasteiger partial charge in [-0.2, -0.15) is 10.2 Å². The van der Waals surface area contributed by atoms with E-state index in [1.54, 1.807) is 46.7 Å². The van der Waals surface area contributed by atoms with Gasteiger partial charge in [0.1, 0.15) is 12.1 Å². The molecule has 4 heterocycles. The number of nitrogens with two attached hydrogens (primary N) is 1. The van der Waals surface area contributed by atoms with Crippen molar-refractivity contribution in [1.82, 2.24) is 34.3 Å². The van der Waals surface area contributed by atoms with Crippen molar-refractivity contribution in [2.75, 3.05) is 0 Å². The third kappa shape index (κ3) is 5.25. The summed E-state index contributed by atoms with van der Waals surface area (Å²) in [4.78, 5) is 43.3. The Morgan fingerprint density at radius 3 is 2.67 bits per heavy atom. The third-order valence-corrected chi connectivity index (χ3v) is 6.97. The van der Waals surface area contributed by atoms with E-state index in [9.17, 15) is 14.4 Å². The molecule has 43 heavy (non-hydrogen) atoms. The van der Waals surface area contributed by atoms with Crippen LogP contribution in [0, 0.1) is 18.8 Å². The number of fused-ring (bicyclic) bond motifs is 2. The second kappa shape index (κ2) is 11.1. The Bertz CT molecular complexity index is 2150. The average Bonchev–Trinajstić information content (AvgIpc) is 3.58. The van der Waals surface area contributed by atoms with Crippen molar-refractivity contribution in [3.8, 4) is 17.5 Å². The Hall–Kier alpha value is -6.02. The molecule has 0 saturated heterocycles. The summed E-state index contributed by atoms with van der Waals surface area (Å²) < 4.78 is 4.57. The van der Waals surface area contributed by atoms with E-state index < -0.39 is 11.9 Å². The SMILES string of the molecule is Cc1nn2cccnc2c1C(=O)NC(C)c1cc2cccc(C#Cc3cnn(CC(N)=O)c3)c2c(=O)n1-c1ccccc1. The molecule has 6 aromatic rings. The van der Waals surface area contributed by atoms with Crippen LogP contribution in [0.15, 0.2) is 90.2 Å². The van der Waals surface area contributed by atoms with Gasteiger partial charge in [0, 0.05) is 35.5 Å². The van der Waals surface area contributed by atoms with E-state index in [-0.39, 0.29) is 18.0 Å². The zero-order chi connectivity index (χ0) is 30.1. The predicted molar refractivity (Wildman–Crippen MR) is 161 cm³/mol. The highest BCUT2D eigenvalue weighted by Crippen LogP contribution is 2.24. The number of primary amides is 1. The van der Waals surface area contributed by atoms with Crippen molar-refractivity contribution in [3.63, 3.8) is 0 Å². The van der Waals surface area contributed by atoms with Crippen LogP contribution in [0.5, 0.6) is 0 Å². The van der Waals surface area contributed by atoms with Crippen molar-refractivity contribution in [2.45, 2.75) is 26.4 Å². The Morgan fingerprint density at radius 2 is 1.88 bits per heavy atom. The lowest BCUT2D eigenvalue weighted by molar-refractivity contribution is -0.118. The number of benzene rings is 2. The lowest BCUT2D eigenvalue weighted by Crippen LogP contribution is -2.32. The maximum atomic E-state index is 14.2. The van der Waals surface area contributed by atoms with Crippen LogP contribution in [-0.2, 0) is 11.3 Å². The zero-order valence-electron chi connectivity index (χ0n) is 23.4. The minimum absolute atomic E-state index is 0.0529. The number of carbonyl (C=O) groups is 2. The number of para-hydroxylation sites is 1. The normalized spacial score (nSPS) is 11.7. The van der Waals surface area contributed by atoms with Crippen molar-refractivity contribution < 1.29 is 9.59 Å². The van der Waals surface area contributed by atoms with Gasteiger partial charge in [-0.25, -0.2) is 9.50 Å². The molecule has 0 saturated carbocycles. The molecule has 0 spiro atoms. The lowest BCUT2D eigenvalue weighted by Gasteiger charge is -2.21. The molecule has 1 unspecified atom stereocenters. The molecule has 3 N–H and O–H groups in total. The quantitative estimate of drug-likeness (QED) is 0.295. The first-order valence-electron chi connectivity index (χ1n) is 13.5. The summed E-state index contributed by atoms with van der Waals surface area (Å²) in [6, 6.07) is 17.8. The molecule has 0 aliphatic carbocycles. The van der Waals surface area contributed by atoms with Gasteiger partial charge in [0.15, 0.2) is 5.65 Å². The van der Waals surface area contributed by atoms with Gasteiger partial charge in [-0.1, -0.05) is 42.2 Å². The molecule has 0 aliphatic heterocycles. The largest absolute Gasteiger partial charge is 0.368 e. The first-order valence-corrected chi connectivity index (χ1v) is 13.5. The van der Waals surface area contributed by atoms with E-state index in [4.69, 9.17) is 5.73 Å². The highest BCUT2D eigenvalue weighted by Gasteiger charge is 2.23. The maximum Gasteiger partial charge on any atom is 0.264 e. The van der Waals surface area contributed by atoms with Gasteiger partial charge in [-0.15, -0.1) is 0 Å². The summed E-state index contributed by atoms with van der Waals surface area (Å²) in [5, 5.41) is 12.7. The van der Waals surface area contributed by atoms with Gasteiger partial charge >= 0.3 is 0 Å². The predicted octanol–water partition coefficient (Wildman–Crippen LogP) is 2.91. The van der Waals surface area contributed by atoms with Gasteiger partial charge in [0.05, 0.1) is 28.9 Å². The number of amides is 2. The molecule has 2 amide bonds. The van der Waals surface area contributed by atoms with Crippen LogP contribution in [0.3, 0.4) is 0 Å². The molecule has 0 fully saturated rings. The molecule has 11 heteroatoms. The van der Waals surface area contributed by atoms with Gasteiger partial charge in [-0.3, -0.25) is 23.6 Å². The Labute approximate surface area is 245 Å². The van der Waals surface area contributed by atoms with Crippen LogP contribution in [0.1, 0.15) is 45.8 Å². The van der Waals surface area contributed by atoms with Crippen molar-refractivity contribution in [1.29, 1.82) is 0 Å². The molecular weight excluding hydrogens is 544 g/mol. The fourth-order valence-corrected chi connectivity index (χ4v) is 5.07. The van der Waals surface area contributed by atoms with Crippen LogP contribution in [-0.4, -0.2) is 40.8 Å². The molecular formula is C32H26N8O3. The molecule has 6 rings (SSSR count). The van der Waals surface area contributed by atoms with Crippen LogP contribution >= 0.6 is 0 Å². The first-order chi connectivity index (χ1) is 20.8. The number of rotatable bonds is 6. The number of aryl methyl sites for hydroxylation is 1. The molecule has 212 valence electrons. The summed E-state index contributed by atoms with van der Waals surface area (Å²) in [5.74, 6) is 5.27. The molecule has 0 radical (unpaired) electrons. The number of hydrogen-bond donors (Lipinski definition) is 2. The topological polar surface area (TPSA) is 142 Å². The second-order valence-electron chi connectivity index (χ2n) is 10.0. The van der Waals surface area contributed by atoms with E-state index in [1.807, 2.05) is 55.5 Å². The van der Waals surface area contributed by atoms with E-state index in [2.05, 4.69) is 32.3 Å². The first kappa shape index (κ1) is 27.2. The summed E-state index contributed by atoms with van der Waals surface area (Å²) in [6.07, 6.45) is 6.50. The molecule has 11 nitrogen and oxygen atoms in total. The average molecular weight is 571 g/mol. The van der Waals surface area contributed by atoms with Crippen molar-refractivity contribution in [2.24, 2.45) is 5.73 Å². The molecule has 2 aromatic carbocycles. The molecule has 0 aliphatic rings. The van der Waals surface area contributed by atoms with Crippen LogP contribution in [0.25, 0.3) is 22.1 Å². The van der Waals surface area contributed by atoms with Gasteiger partial charge in [-0.05, 0) is 49.6 Å². The monoisotopic (exact) mass is 570 g/mol. The van der Waals surface area contributed by atoms with Gasteiger partial charge in [0.2, 0.25) is 5.91 Å². The van der Waals surface area contributed by atoms with E-state index in [0.29, 0.717) is 50.2 Å². The van der Waals surface area contributed by atoms with Gasteiger partial charge in [0.25, 0.3) is 11.5 Å². The molecule has 0 bridgehead atoms. The number of nitrogens with zero attached hydrogens (tertiary/aromatic N) is 6. The highest BCUT2D eigenvalue weighted by atomic mass is 16.2. The fraction of sp³-hybridized carbons (Fsp3) is 0.125. The van der Waals surface area contributed by atoms with Crippen LogP contribution in [0.2, 0.25) is 0 Å². The van der Waals surface area contributed by atoms with Gasteiger partial charge < -0.3 is 11.1 Å². The van der Waals surface area contributed by atoms with E-state index in [0.717, 1.165) is 0 Å². The Balaban J connectivity index is 1.44. The Kier molecular flexibility index (Phi) is 7.01. The number of aromatic nitrogens is 6. The minimum atomic E-state index is -0.561. The number of hydrogen-bond acceptors (Lipinski definition) is 6. The summed E-state index contributed by atoms with van der Waals surface area (Å²) in [7, 11) is 0. The summed E-state index contributed by atoms with van der Waals surface area (Å²) in [5.41, 5.74) is 8.70. The minimum Gasteiger partial charge on any atom is -0.368 e. The standard InChI is InChI=1S/C32H26N8O3/c1-20(36-31(42)28-21(2)37-39-15-7-14-34-30(28)39)26-16-24-9-6-8-23(13-12-22-17-35-38(18-22)19-27(33)41)29(24)32(43)40(26)25-10-4-3-5-11-25/h3-11,14-18,20H,19H2,1-2H3,(H2,33,41)(H,36,42). The van der Waals surface area contributed by atoms with Crippen LogP contribution < -0.4 is 16.6 Å². The van der Waals surface area contributed by atoms with Crippen molar-refractivity contribution in [3.05, 3.63) is 124 Å². The smallest absolute Gasteiger partial charge is 0.264 e. The van der Waals surface area contributed by atoms with Crippen LogP contribution in [0.4, 0.5) is 0 Å². The maximum absolute atomic E-state index is 14.2. The number of pyridine rings is 1.